The van der Waals surface area contributed by atoms with Crippen molar-refractivity contribution in [2.45, 2.75) is 51.7 Å². The van der Waals surface area contributed by atoms with Crippen LogP contribution in [0.3, 0.4) is 0 Å². The Morgan fingerprint density at radius 1 is 1.53 bits per heavy atom. The van der Waals surface area contributed by atoms with Crippen molar-refractivity contribution in [2.75, 3.05) is 0 Å². The predicted octanol–water partition coefficient (Wildman–Crippen LogP) is 1.74. The Morgan fingerprint density at radius 3 is 2.73 bits per heavy atom. The highest BCUT2D eigenvalue weighted by molar-refractivity contribution is 5.66. The lowest BCUT2D eigenvalue weighted by atomic mass is 9.87. The van der Waals surface area contributed by atoms with Crippen LogP contribution in [0.4, 0.5) is 0 Å². The molecule has 0 amide bonds. The molecule has 2 rings (SSSR count). The van der Waals surface area contributed by atoms with Gasteiger partial charge in [-0.05, 0) is 37.0 Å². The van der Waals surface area contributed by atoms with E-state index >= 15 is 0 Å². The molecule has 3 heteroatoms. The maximum atomic E-state index is 10.9. The summed E-state index contributed by atoms with van der Waals surface area (Å²) in [5.74, 6) is 0.897. The molecule has 2 saturated carbocycles. The summed E-state index contributed by atoms with van der Waals surface area (Å²) in [7, 11) is 0. The second-order valence-corrected chi connectivity index (χ2v) is 5.06. The minimum atomic E-state index is -0.464. The molecule has 0 aromatic rings. The number of carbonyl (C=O) groups is 1. The summed E-state index contributed by atoms with van der Waals surface area (Å²) in [5.41, 5.74) is -0.464. The zero-order valence-corrected chi connectivity index (χ0v) is 9.69. The van der Waals surface area contributed by atoms with Crippen LogP contribution >= 0.6 is 0 Å². The molecule has 0 aromatic carbocycles. The van der Waals surface area contributed by atoms with Gasteiger partial charge in [0, 0.05) is 6.92 Å². The second kappa shape index (κ2) is 3.48. The molecular formula is C12H20O3. The van der Waals surface area contributed by atoms with Crippen molar-refractivity contribution in [3.05, 3.63) is 0 Å². The number of rotatable bonds is 2. The molecule has 0 heterocycles. The van der Waals surface area contributed by atoms with Gasteiger partial charge in [-0.15, -0.1) is 0 Å². The fourth-order valence-corrected chi connectivity index (χ4v) is 3.50. The first-order valence-corrected chi connectivity index (χ1v) is 5.90. The van der Waals surface area contributed by atoms with Crippen molar-refractivity contribution < 1.29 is 14.6 Å². The van der Waals surface area contributed by atoms with E-state index in [2.05, 4.69) is 6.92 Å². The SMILES string of the molecule is CCC1(O)C2CC[C@@H](OC(C)=O)[C@H](C)C21. The van der Waals surface area contributed by atoms with E-state index in [0.717, 1.165) is 19.3 Å². The fourth-order valence-electron chi connectivity index (χ4n) is 3.50. The minimum Gasteiger partial charge on any atom is -0.462 e. The van der Waals surface area contributed by atoms with Crippen molar-refractivity contribution >= 4 is 5.97 Å². The molecule has 3 nitrogen and oxygen atoms in total. The lowest BCUT2D eigenvalue weighted by molar-refractivity contribution is -0.150. The predicted molar refractivity (Wildman–Crippen MR) is 56.2 cm³/mol. The maximum absolute atomic E-state index is 10.9. The summed E-state index contributed by atoms with van der Waals surface area (Å²) < 4.78 is 5.29. The third kappa shape index (κ3) is 1.57. The maximum Gasteiger partial charge on any atom is 0.302 e. The van der Waals surface area contributed by atoms with Crippen LogP contribution in [-0.2, 0) is 9.53 Å². The lowest BCUT2D eigenvalue weighted by Gasteiger charge is -2.27. The van der Waals surface area contributed by atoms with E-state index in [-0.39, 0.29) is 12.1 Å². The van der Waals surface area contributed by atoms with Crippen molar-refractivity contribution in [3.8, 4) is 0 Å². The first-order chi connectivity index (χ1) is 7.00. The van der Waals surface area contributed by atoms with Gasteiger partial charge >= 0.3 is 5.97 Å². The molecule has 5 atom stereocenters. The van der Waals surface area contributed by atoms with Crippen molar-refractivity contribution in [1.82, 2.24) is 0 Å². The average molecular weight is 212 g/mol. The molecule has 3 unspecified atom stereocenters. The summed E-state index contributed by atoms with van der Waals surface area (Å²) in [5, 5.41) is 10.3. The Bertz CT molecular complexity index is 276. The number of fused-ring (bicyclic) bond motifs is 1. The summed E-state index contributed by atoms with van der Waals surface area (Å²) in [6.45, 7) is 5.58. The van der Waals surface area contributed by atoms with Gasteiger partial charge < -0.3 is 9.84 Å². The Labute approximate surface area is 90.8 Å². The number of aliphatic hydroxyl groups is 1. The number of hydrogen-bond donors (Lipinski definition) is 1. The molecule has 0 aromatic heterocycles. The third-order valence-electron chi connectivity index (χ3n) is 4.34. The number of carbonyl (C=O) groups excluding carboxylic acids is 1. The highest BCUT2D eigenvalue weighted by atomic mass is 16.5. The van der Waals surface area contributed by atoms with Crippen LogP contribution in [0.2, 0.25) is 0 Å². The van der Waals surface area contributed by atoms with Crippen LogP contribution in [0.25, 0.3) is 0 Å². The standard InChI is InChI=1S/C12H20O3/c1-4-12(14)9-5-6-10(15-8(3)13)7(2)11(9)12/h7,9-11,14H,4-6H2,1-3H3/t7-,9?,10+,11?,12?/m0/s1. The van der Waals surface area contributed by atoms with Crippen molar-refractivity contribution in [3.63, 3.8) is 0 Å². The number of esters is 1. The van der Waals surface area contributed by atoms with Gasteiger partial charge in [0.05, 0.1) is 5.60 Å². The summed E-state index contributed by atoms with van der Waals surface area (Å²) in [6.07, 6.45) is 2.74. The van der Waals surface area contributed by atoms with Crippen LogP contribution in [0.1, 0.15) is 40.0 Å². The van der Waals surface area contributed by atoms with E-state index in [4.69, 9.17) is 4.74 Å². The largest absolute Gasteiger partial charge is 0.462 e. The van der Waals surface area contributed by atoms with Crippen LogP contribution in [-0.4, -0.2) is 22.8 Å². The molecule has 15 heavy (non-hydrogen) atoms. The first kappa shape index (κ1) is 10.9. The Hall–Kier alpha value is -0.570. The highest BCUT2D eigenvalue weighted by Crippen LogP contribution is 2.62. The zero-order valence-electron chi connectivity index (χ0n) is 9.69. The Balaban J connectivity index is 2.03. The van der Waals surface area contributed by atoms with E-state index in [0.29, 0.717) is 17.8 Å². The normalized spacial score (nSPS) is 48.3. The molecule has 0 bridgehead atoms. The van der Waals surface area contributed by atoms with Gasteiger partial charge in [-0.2, -0.15) is 0 Å². The van der Waals surface area contributed by atoms with Gasteiger partial charge in [0.15, 0.2) is 0 Å². The van der Waals surface area contributed by atoms with E-state index in [1.807, 2.05) is 6.92 Å². The van der Waals surface area contributed by atoms with E-state index in [1.54, 1.807) is 0 Å². The Morgan fingerprint density at radius 2 is 2.20 bits per heavy atom. The lowest BCUT2D eigenvalue weighted by Crippen LogP contribution is -2.30. The molecule has 0 radical (unpaired) electrons. The first-order valence-electron chi connectivity index (χ1n) is 5.90. The van der Waals surface area contributed by atoms with Crippen LogP contribution < -0.4 is 0 Å². The molecular weight excluding hydrogens is 192 g/mol. The number of ether oxygens (including phenoxy) is 1. The average Bonchev–Trinajstić information content (AvgIpc) is 2.78. The summed E-state index contributed by atoms with van der Waals surface area (Å²) in [6, 6.07) is 0. The molecule has 0 aliphatic heterocycles. The van der Waals surface area contributed by atoms with Crippen LogP contribution in [0, 0.1) is 17.8 Å². The third-order valence-corrected chi connectivity index (χ3v) is 4.34. The van der Waals surface area contributed by atoms with Gasteiger partial charge in [-0.25, -0.2) is 0 Å². The topological polar surface area (TPSA) is 46.5 Å². The van der Waals surface area contributed by atoms with Crippen LogP contribution in [0.5, 0.6) is 0 Å². The number of hydrogen-bond acceptors (Lipinski definition) is 3. The molecule has 2 aliphatic carbocycles. The smallest absolute Gasteiger partial charge is 0.302 e. The van der Waals surface area contributed by atoms with Crippen LogP contribution in [0.15, 0.2) is 0 Å². The van der Waals surface area contributed by atoms with E-state index < -0.39 is 5.60 Å². The monoisotopic (exact) mass is 212 g/mol. The van der Waals surface area contributed by atoms with E-state index in [1.165, 1.54) is 6.92 Å². The van der Waals surface area contributed by atoms with E-state index in [9.17, 15) is 9.90 Å². The molecule has 0 spiro atoms. The second-order valence-electron chi connectivity index (χ2n) is 5.06. The van der Waals surface area contributed by atoms with Gasteiger partial charge in [0.25, 0.3) is 0 Å². The fraction of sp³-hybridized carbons (Fsp3) is 0.917. The molecule has 0 saturated heterocycles. The summed E-state index contributed by atoms with van der Waals surface area (Å²) in [4.78, 5) is 10.9. The van der Waals surface area contributed by atoms with Gasteiger partial charge in [0.1, 0.15) is 6.10 Å². The highest BCUT2D eigenvalue weighted by Gasteiger charge is 2.67. The molecule has 86 valence electrons. The minimum absolute atomic E-state index is 0.0179. The van der Waals surface area contributed by atoms with Gasteiger partial charge in [-0.1, -0.05) is 13.8 Å². The molecule has 2 fully saturated rings. The molecule has 1 N–H and O–H groups in total. The quantitative estimate of drug-likeness (QED) is 0.709. The van der Waals surface area contributed by atoms with Crippen molar-refractivity contribution in [1.29, 1.82) is 0 Å². The van der Waals surface area contributed by atoms with Gasteiger partial charge in [0.2, 0.25) is 0 Å². The zero-order chi connectivity index (χ0) is 11.2. The van der Waals surface area contributed by atoms with Gasteiger partial charge in [-0.3, -0.25) is 4.79 Å². The van der Waals surface area contributed by atoms with Crippen molar-refractivity contribution in [2.24, 2.45) is 17.8 Å². The Kier molecular flexibility index (Phi) is 2.53. The summed E-state index contributed by atoms with van der Waals surface area (Å²) >= 11 is 0. The molecule has 2 aliphatic rings.